The van der Waals surface area contributed by atoms with Crippen LogP contribution < -0.4 is 5.32 Å². The fourth-order valence-electron chi connectivity index (χ4n) is 0.669. The molecule has 0 aromatic rings. The van der Waals surface area contributed by atoms with Crippen molar-refractivity contribution in [3.63, 3.8) is 0 Å². The summed E-state index contributed by atoms with van der Waals surface area (Å²) in [7, 11) is 1.99. The van der Waals surface area contributed by atoms with Gasteiger partial charge in [-0.3, -0.25) is 0 Å². The van der Waals surface area contributed by atoms with Gasteiger partial charge in [-0.05, 0) is 13.8 Å². The molecule has 0 radical (unpaired) electrons. The first kappa shape index (κ1) is 7.12. The molecule has 0 fully saturated rings. The van der Waals surface area contributed by atoms with Crippen molar-refractivity contribution in [1.29, 1.82) is 0 Å². The van der Waals surface area contributed by atoms with Crippen LogP contribution in [0.15, 0.2) is 17.4 Å². The van der Waals surface area contributed by atoms with Gasteiger partial charge in [-0.15, -0.1) is 0 Å². The maximum Gasteiger partial charge on any atom is 0.104 e. The third-order valence-corrected chi connectivity index (χ3v) is 1.72. The lowest BCUT2D eigenvalue weighted by atomic mass is 10.2. The SMILES string of the molecule is CN1C=NC=CNC1(C)C. The van der Waals surface area contributed by atoms with E-state index in [2.05, 4.69) is 24.2 Å². The molecule has 0 aromatic carbocycles. The molecule has 1 aliphatic heterocycles. The Labute approximate surface area is 61.4 Å². The Morgan fingerprint density at radius 1 is 1.50 bits per heavy atom. The molecule has 0 atom stereocenters. The minimum absolute atomic E-state index is 0.0312. The second-order valence-electron chi connectivity index (χ2n) is 2.89. The lowest BCUT2D eigenvalue weighted by Crippen LogP contribution is -2.49. The quantitative estimate of drug-likeness (QED) is 0.536. The van der Waals surface area contributed by atoms with E-state index in [1.54, 1.807) is 12.5 Å². The molecule has 0 aromatic heterocycles. The van der Waals surface area contributed by atoms with E-state index < -0.39 is 0 Å². The van der Waals surface area contributed by atoms with Gasteiger partial charge in [-0.25, -0.2) is 4.99 Å². The molecule has 3 nitrogen and oxygen atoms in total. The van der Waals surface area contributed by atoms with Crippen molar-refractivity contribution in [2.75, 3.05) is 7.05 Å². The molecule has 3 heteroatoms. The molecule has 0 saturated heterocycles. The first-order valence-corrected chi connectivity index (χ1v) is 3.32. The Morgan fingerprint density at radius 3 is 2.90 bits per heavy atom. The number of rotatable bonds is 0. The summed E-state index contributed by atoms with van der Waals surface area (Å²) in [5.74, 6) is 0. The summed E-state index contributed by atoms with van der Waals surface area (Å²) in [6, 6.07) is 0. The molecule has 0 spiro atoms. The van der Waals surface area contributed by atoms with Gasteiger partial charge in [0.05, 0.1) is 6.34 Å². The minimum Gasteiger partial charge on any atom is -0.368 e. The first-order chi connectivity index (χ1) is 4.63. The summed E-state index contributed by atoms with van der Waals surface area (Å²) in [5, 5.41) is 3.19. The minimum atomic E-state index is -0.0312. The van der Waals surface area contributed by atoms with E-state index in [0.29, 0.717) is 0 Å². The van der Waals surface area contributed by atoms with Crippen molar-refractivity contribution in [3.8, 4) is 0 Å². The van der Waals surface area contributed by atoms with Gasteiger partial charge in [0, 0.05) is 19.4 Å². The van der Waals surface area contributed by atoms with Crippen LogP contribution in [0.25, 0.3) is 0 Å². The summed E-state index contributed by atoms with van der Waals surface area (Å²) in [6.45, 7) is 4.18. The molecule has 1 heterocycles. The fraction of sp³-hybridized carbons (Fsp3) is 0.571. The van der Waals surface area contributed by atoms with Crippen molar-refractivity contribution in [1.82, 2.24) is 10.2 Å². The highest BCUT2D eigenvalue weighted by Gasteiger charge is 2.19. The number of nitrogens with zero attached hydrogens (tertiary/aromatic N) is 2. The van der Waals surface area contributed by atoms with E-state index in [9.17, 15) is 0 Å². The maximum atomic E-state index is 4.01. The first-order valence-electron chi connectivity index (χ1n) is 3.32. The second kappa shape index (κ2) is 2.33. The van der Waals surface area contributed by atoms with Crippen LogP contribution in [-0.2, 0) is 0 Å². The molecular weight excluding hydrogens is 126 g/mol. The molecule has 1 N–H and O–H groups in total. The number of nitrogens with one attached hydrogen (secondary N) is 1. The van der Waals surface area contributed by atoms with Gasteiger partial charge in [-0.1, -0.05) is 0 Å². The molecule has 0 aliphatic carbocycles. The van der Waals surface area contributed by atoms with Crippen LogP contribution in [-0.4, -0.2) is 23.9 Å². The van der Waals surface area contributed by atoms with E-state index in [1.165, 1.54) is 0 Å². The second-order valence-corrected chi connectivity index (χ2v) is 2.89. The van der Waals surface area contributed by atoms with Gasteiger partial charge in [0.15, 0.2) is 0 Å². The van der Waals surface area contributed by atoms with E-state index in [4.69, 9.17) is 0 Å². The van der Waals surface area contributed by atoms with Gasteiger partial charge in [0.2, 0.25) is 0 Å². The zero-order valence-corrected chi connectivity index (χ0v) is 6.63. The zero-order chi connectivity index (χ0) is 7.61. The van der Waals surface area contributed by atoms with Crippen molar-refractivity contribution in [3.05, 3.63) is 12.4 Å². The molecule has 0 unspecified atom stereocenters. The smallest absolute Gasteiger partial charge is 0.104 e. The molecule has 1 aliphatic rings. The van der Waals surface area contributed by atoms with E-state index in [0.717, 1.165) is 0 Å². The monoisotopic (exact) mass is 139 g/mol. The maximum absolute atomic E-state index is 4.01. The van der Waals surface area contributed by atoms with Crippen LogP contribution in [0.2, 0.25) is 0 Å². The molecule has 1 rings (SSSR count). The Kier molecular flexibility index (Phi) is 1.66. The third kappa shape index (κ3) is 1.29. The van der Waals surface area contributed by atoms with E-state index in [-0.39, 0.29) is 5.66 Å². The summed E-state index contributed by atoms with van der Waals surface area (Å²) in [5.41, 5.74) is -0.0312. The number of hydrogen-bond acceptors (Lipinski definition) is 3. The number of hydrogen-bond donors (Lipinski definition) is 1. The van der Waals surface area contributed by atoms with Crippen LogP contribution in [0.1, 0.15) is 13.8 Å². The van der Waals surface area contributed by atoms with Crippen molar-refractivity contribution >= 4 is 6.34 Å². The highest BCUT2D eigenvalue weighted by atomic mass is 15.3. The average molecular weight is 139 g/mol. The predicted octanol–water partition coefficient (Wildman–Crippen LogP) is 0.757. The Bertz CT molecular complexity index is 170. The molecule has 56 valence electrons. The average Bonchev–Trinajstić information content (AvgIpc) is 1.96. The predicted molar refractivity (Wildman–Crippen MR) is 42.6 cm³/mol. The molecular formula is C7H13N3. The lowest BCUT2D eigenvalue weighted by Gasteiger charge is -2.33. The van der Waals surface area contributed by atoms with Crippen molar-refractivity contribution in [2.24, 2.45) is 4.99 Å². The van der Waals surface area contributed by atoms with E-state index >= 15 is 0 Å². The third-order valence-electron chi connectivity index (χ3n) is 1.72. The van der Waals surface area contributed by atoms with Crippen molar-refractivity contribution in [2.45, 2.75) is 19.5 Å². The van der Waals surface area contributed by atoms with Crippen LogP contribution in [0.5, 0.6) is 0 Å². The highest BCUT2D eigenvalue weighted by Crippen LogP contribution is 2.07. The summed E-state index contributed by atoms with van der Waals surface area (Å²) in [4.78, 5) is 6.03. The van der Waals surface area contributed by atoms with Gasteiger partial charge in [0.25, 0.3) is 0 Å². The van der Waals surface area contributed by atoms with Crippen molar-refractivity contribution < 1.29 is 0 Å². The molecule has 0 bridgehead atoms. The van der Waals surface area contributed by atoms with Crippen LogP contribution in [0, 0.1) is 0 Å². The van der Waals surface area contributed by atoms with E-state index in [1.807, 2.05) is 18.1 Å². The molecule has 0 amide bonds. The normalized spacial score (nSPS) is 22.1. The van der Waals surface area contributed by atoms with Gasteiger partial charge in [0.1, 0.15) is 5.66 Å². The van der Waals surface area contributed by atoms with Crippen LogP contribution in [0.3, 0.4) is 0 Å². The highest BCUT2D eigenvalue weighted by molar-refractivity contribution is 5.57. The Hall–Kier alpha value is -0.990. The standard InChI is InChI=1S/C7H13N3/c1-7(2)9-5-4-8-6-10(7)3/h4-6,9H,1-3H3. The fourth-order valence-corrected chi connectivity index (χ4v) is 0.669. The molecule has 10 heavy (non-hydrogen) atoms. The number of aliphatic imine (C=N–C) groups is 1. The topological polar surface area (TPSA) is 27.6 Å². The lowest BCUT2D eigenvalue weighted by molar-refractivity contribution is 0.232. The molecule has 0 saturated carbocycles. The Balaban J connectivity index is 2.76. The van der Waals surface area contributed by atoms with Crippen LogP contribution >= 0.6 is 0 Å². The summed E-state index contributed by atoms with van der Waals surface area (Å²) < 4.78 is 0. The van der Waals surface area contributed by atoms with Crippen LogP contribution in [0.4, 0.5) is 0 Å². The zero-order valence-electron chi connectivity index (χ0n) is 6.63. The largest absolute Gasteiger partial charge is 0.368 e. The van der Waals surface area contributed by atoms with Gasteiger partial charge >= 0.3 is 0 Å². The Morgan fingerprint density at radius 2 is 2.20 bits per heavy atom. The van der Waals surface area contributed by atoms with Gasteiger partial charge in [-0.2, -0.15) is 0 Å². The summed E-state index contributed by atoms with van der Waals surface area (Å²) in [6.07, 6.45) is 5.39. The summed E-state index contributed by atoms with van der Waals surface area (Å²) >= 11 is 0. The van der Waals surface area contributed by atoms with Gasteiger partial charge < -0.3 is 10.2 Å².